The molecule has 0 spiro atoms. The van der Waals surface area contributed by atoms with Crippen molar-refractivity contribution in [1.29, 1.82) is 0 Å². The number of aryl methyl sites for hydroxylation is 1. The monoisotopic (exact) mass is 181 g/mol. The Morgan fingerprint density at radius 3 is 2.92 bits per heavy atom. The standard InChI is InChI=1S/C10H12N.ClH/c1-3-7-11-8-5-6-10(4-2)9-11;/h1,5-6,8-9H,4,7H2,2H3;1H/q+1;/p-1. The predicted molar refractivity (Wildman–Crippen MR) is 44.8 cm³/mol. The molecule has 0 saturated heterocycles. The van der Waals surface area contributed by atoms with Crippen molar-refractivity contribution in [2.45, 2.75) is 19.9 Å². The molecule has 0 radical (unpaired) electrons. The zero-order valence-electron chi connectivity index (χ0n) is 7.13. The summed E-state index contributed by atoms with van der Waals surface area (Å²) in [5.41, 5.74) is 1.32. The first-order valence-electron chi connectivity index (χ1n) is 3.78. The quantitative estimate of drug-likeness (QED) is 0.374. The Bertz CT molecular complexity index is 275. The minimum atomic E-state index is 0. The summed E-state index contributed by atoms with van der Waals surface area (Å²) in [4.78, 5) is 0. The summed E-state index contributed by atoms with van der Waals surface area (Å²) in [5, 5.41) is 0. The van der Waals surface area contributed by atoms with Crippen molar-refractivity contribution in [2.75, 3.05) is 0 Å². The molecule has 0 amide bonds. The molecule has 12 heavy (non-hydrogen) atoms. The molecule has 0 atom stereocenters. The molecule has 0 aliphatic heterocycles. The van der Waals surface area contributed by atoms with Crippen LogP contribution in [0.25, 0.3) is 0 Å². The molecule has 1 heterocycles. The third kappa shape index (κ3) is 2.94. The van der Waals surface area contributed by atoms with Gasteiger partial charge in [0.05, 0.1) is 0 Å². The van der Waals surface area contributed by atoms with Crippen LogP contribution >= 0.6 is 0 Å². The summed E-state index contributed by atoms with van der Waals surface area (Å²) < 4.78 is 2.01. The van der Waals surface area contributed by atoms with E-state index in [1.54, 1.807) is 0 Å². The lowest BCUT2D eigenvalue weighted by atomic mass is 10.2. The Balaban J connectivity index is 0.00000121. The van der Waals surface area contributed by atoms with Gasteiger partial charge in [-0.25, -0.2) is 0 Å². The molecule has 64 valence electrons. The Hall–Kier alpha value is -1.00. The van der Waals surface area contributed by atoms with E-state index in [2.05, 4.69) is 25.1 Å². The van der Waals surface area contributed by atoms with Crippen LogP contribution in [0.1, 0.15) is 12.5 Å². The van der Waals surface area contributed by atoms with Gasteiger partial charge in [0.1, 0.15) is 0 Å². The number of nitrogens with zero attached hydrogens (tertiary/aromatic N) is 1. The summed E-state index contributed by atoms with van der Waals surface area (Å²) in [6.07, 6.45) is 10.3. The molecule has 0 saturated carbocycles. The van der Waals surface area contributed by atoms with Gasteiger partial charge in [-0.15, -0.1) is 6.42 Å². The molecular weight excluding hydrogens is 170 g/mol. The molecule has 0 fully saturated rings. The molecule has 1 rings (SSSR count). The second-order valence-electron chi connectivity index (χ2n) is 2.44. The maximum Gasteiger partial charge on any atom is 0.208 e. The minimum Gasteiger partial charge on any atom is -1.00 e. The molecule has 1 aromatic rings. The van der Waals surface area contributed by atoms with Gasteiger partial charge in [0.15, 0.2) is 12.4 Å². The number of pyridine rings is 1. The van der Waals surface area contributed by atoms with E-state index in [0.717, 1.165) is 6.42 Å². The highest BCUT2D eigenvalue weighted by atomic mass is 35.5. The topological polar surface area (TPSA) is 3.88 Å². The fourth-order valence-corrected chi connectivity index (χ4v) is 0.989. The lowest BCUT2D eigenvalue weighted by molar-refractivity contribution is -0.685. The highest BCUT2D eigenvalue weighted by Crippen LogP contribution is 1.93. The second-order valence-corrected chi connectivity index (χ2v) is 2.44. The van der Waals surface area contributed by atoms with Crippen LogP contribution in [-0.2, 0) is 13.0 Å². The van der Waals surface area contributed by atoms with Gasteiger partial charge in [-0.3, -0.25) is 0 Å². The van der Waals surface area contributed by atoms with Crippen LogP contribution in [0.4, 0.5) is 0 Å². The third-order valence-electron chi connectivity index (χ3n) is 1.60. The van der Waals surface area contributed by atoms with Gasteiger partial charge in [0.25, 0.3) is 0 Å². The summed E-state index contributed by atoms with van der Waals surface area (Å²) in [7, 11) is 0. The Kier molecular flexibility index (Phi) is 5.16. The summed E-state index contributed by atoms with van der Waals surface area (Å²) in [6.45, 7) is 2.80. The number of hydrogen-bond donors (Lipinski definition) is 0. The normalized spacial score (nSPS) is 8.33. The van der Waals surface area contributed by atoms with Crippen LogP contribution in [0.5, 0.6) is 0 Å². The van der Waals surface area contributed by atoms with E-state index in [1.165, 1.54) is 5.56 Å². The zero-order chi connectivity index (χ0) is 8.10. The molecular formula is C10H12ClN. The first-order chi connectivity index (χ1) is 5.36. The lowest BCUT2D eigenvalue weighted by Gasteiger charge is -1.93. The van der Waals surface area contributed by atoms with Crippen LogP contribution in [0.15, 0.2) is 24.5 Å². The van der Waals surface area contributed by atoms with Crippen LogP contribution < -0.4 is 17.0 Å². The second kappa shape index (κ2) is 5.62. The Morgan fingerprint density at radius 1 is 1.58 bits per heavy atom. The first-order valence-corrected chi connectivity index (χ1v) is 3.78. The van der Waals surface area contributed by atoms with E-state index in [0.29, 0.717) is 6.54 Å². The van der Waals surface area contributed by atoms with Crippen LogP contribution in [0.3, 0.4) is 0 Å². The SMILES string of the molecule is C#CC[n+]1cccc(CC)c1.[Cl-]. The van der Waals surface area contributed by atoms with Crippen LogP contribution in [0.2, 0.25) is 0 Å². The van der Waals surface area contributed by atoms with E-state index in [4.69, 9.17) is 6.42 Å². The van der Waals surface area contributed by atoms with Gasteiger partial charge in [0, 0.05) is 11.6 Å². The number of halogens is 1. The average Bonchev–Trinajstić information content (AvgIpc) is 2.06. The van der Waals surface area contributed by atoms with E-state index in [9.17, 15) is 0 Å². The van der Waals surface area contributed by atoms with E-state index in [-0.39, 0.29) is 12.4 Å². The average molecular weight is 182 g/mol. The van der Waals surface area contributed by atoms with Gasteiger partial charge < -0.3 is 12.4 Å². The van der Waals surface area contributed by atoms with Crippen molar-refractivity contribution < 1.29 is 17.0 Å². The van der Waals surface area contributed by atoms with Crippen molar-refractivity contribution >= 4 is 0 Å². The smallest absolute Gasteiger partial charge is 0.208 e. The number of aromatic nitrogens is 1. The Labute approximate surface area is 79.8 Å². The number of rotatable bonds is 2. The summed E-state index contributed by atoms with van der Waals surface area (Å²) in [5.74, 6) is 2.60. The molecule has 0 aliphatic carbocycles. The number of hydrogen-bond acceptors (Lipinski definition) is 0. The van der Waals surface area contributed by atoms with E-state index >= 15 is 0 Å². The predicted octanol–water partition coefficient (Wildman–Crippen LogP) is -1.83. The van der Waals surface area contributed by atoms with Crippen molar-refractivity contribution in [1.82, 2.24) is 0 Å². The van der Waals surface area contributed by atoms with Gasteiger partial charge in [-0.2, -0.15) is 4.57 Å². The van der Waals surface area contributed by atoms with Gasteiger partial charge in [-0.1, -0.05) is 6.92 Å². The lowest BCUT2D eigenvalue weighted by Crippen LogP contribution is -3.00. The Morgan fingerprint density at radius 2 is 2.33 bits per heavy atom. The molecule has 0 unspecified atom stereocenters. The highest BCUT2D eigenvalue weighted by molar-refractivity contribution is 5.04. The maximum absolute atomic E-state index is 5.18. The molecule has 0 aromatic carbocycles. The number of terminal acetylenes is 1. The van der Waals surface area contributed by atoms with E-state index < -0.39 is 0 Å². The molecule has 2 heteroatoms. The summed E-state index contributed by atoms with van der Waals surface area (Å²) in [6, 6.07) is 4.13. The minimum absolute atomic E-state index is 0. The first kappa shape index (κ1) is 11.0. The molecule has 0 bridgehead atoms. The van der Waals surface area contributed by atoms with Crippen molar-refractivity contribution in [3.8, 4) is 12.3 Å². The van der Waals surface area contributed by atoms with Crippen molar-refractivity contribution in [2.24, 2.45) is 0 Å². The zero-order valence-corrected chi connectivity index (χ0v) is 7.88. The van der Waals surface area contributed by atoms with Crippen LogP contribution in [-0.4, -0.2) is 0 Å². The van der Waals surface area contributed by atoms with Gasteiger partial charge in [0.2, 0.25) is 6.54 Å². The van der Waals surface area contributed by atoms with Crippen LogP contribution in [0, 0.1) is 12.3 Å². The van der Waals surface area contributed by atoms with Crippen molar-refractivity contribution in [3.05, 3.63) is 30.1 Å². The molecule has 0 N–H and O–H groups in total. The van der Waals surface area contributed by atoms with Gasteiger partial charge in [-0.05, 0) is 18.4 Å². The summed E-state index contributed by atoms with van der Waals surface area (Å²) >= 11 is 0. The molecule has 1 aromatic heterocycles. The maximum atomic E-state index is 5.18. The van der Waals surface area contributed by atoms with Crippen molar-refractivity contribution in [3.63, 3.8) is 0 Å². The van der Waals surface area contributed by atoms with E-state index in [1.807, 2.05) is 16.8 Å². The fourth-order valence-electron chi connectivity index (χ4n) is 0.989. The highest BCUT2D eigenvalue weighted by Gasteiger charge is 1.97. The molecule has 0 aliphatic rings. The largest absolute Gasteiger partial charge is 1.00 e. The fraction of sp³-hybridized carbons (Fsp3) is 0.300. The third-order valence-corrected chi connectivity index (χ3v) is 1.60. The molecule has 1 nitrogen and oxygen atoms in total. The van der Waals surface area contributed by atoms with Gasteiger partial charge >= 0.3 is 0 Å².